The van der Waals surface area contributed by atoms with Crippen molar-refractivity contribution in [3.8, 4) is 11.4 Å². The molecule has 1 aromatic heterocycles. The van der Waals surface area contributed by atoms with Gasteiger partial charge in [-0.1, -0.05) is 151 Å². The number of fused-ring (bicyclic) bond motifs is 6. The zero-order valence-corrected chi connectivity index (χ0v) is 38.5. The van der Waals surface area contributed by atoms with Gasteiger partial charge in [0, 0.05) is 39.7 Å². The van der Waals surface area contributed by atoms with E-state index in [1.807, 2.05) is 0 Å². The summed E-state index contributed by atoms with van der Waals surface area (Å²) in [6, 6.07) is 60.4. The predicted octanol–water partition coefficient (Wildman–Crippen LogP) is 14.0. The Kier molecular flexibility index (Phi) is 7.68. The summed E-state index contributed by atoms with van der Waals surface area (Å²) >= 11 is 0. The molecule has 0 N–H and O–H groups in total. The SMILES string of the molecule is CC(C)(C)c1ccc(N2c3cc(-c4ncncn4)cc4c3B(c3c2cc2ccc5cccc6ccc3c2c56)c2c(cc3ccc5cccc6ccc2c3c56)N4c2ccc(C(C)(C)C)cc2)cc1. The van der Waals surface area contributed by atoms with Gasteiger partial charge in [0.2, 0.25) is 0 Å². The second kappa shape index (κ2) is 13.4. The van der Waals surface area contributed by atoms with E-state index in [0.29, 0.717) is 5.82 Å². The van der Waals surface area contributed by atoms with E-state index in [1.165, 1.54) is 104 Å². The number of hydrogen-bond donors (Lipinski definition) is 0. The van der Waals surface area contributed by atoms with Crippen LogP contribution in [0.25, 0.3) is 76.0 Å². The lowest BCUT2D eigenvalue weighted by Crippen LogP contribution is -2.61. The van der Waals surface area contributed by atoms with Gasteiger partial charge in [0.15, 0.2) is 5.82 Å². The van der Waals surface area contributed by atoms with Crippen LogP contribution < -0.4 is 26.2 Å². The molecular weight excluding hydrogens is 814 g/mol. The van der Waals surface area contributed by atoms with Crippen LogP contribution >= 0.6 is 0 Å². The summed E-state index contributed by atoms with van der Waals surface area (Å²) in [5.74, 6) is 0.638. The Bertz CT molecular complexity index is 3730. The maximum atomic E-state index is 4.80. The summed E-state index contributed by atoms with van der Waals surface area (Å²) in [5.41, 5.74) is 14.3. The van der Waals surface area contributed by atoms with Crippen LogP contribution in [0, 0.1) is 0 Å². The third kappa shape index (κ3) is 5.41. The van der Waals surface area contributed by atoms with Gasteiger partial charge in [0.05, 0.1) is 0 Å². The van der Waals surface area contributed by atoms with Crippen LogP contribution in [0.3, 0.4) is 0 Å². The number of aromatic nitrogens is 3. The Morgan fingerprint density at radius 3 is 1.19 bits per heavy atom. The lowest BCUT2D eigenvalue weighted by atomic mass is 9.32. The first-order chi connectivity index (χ1) is 32.5. The highest BCUT2D eigenvalue weighted by Crippen LogP contribution is 2.50. The van der Waals surface area contributed by atoms with E-state index in [9.17, 15) is 0 Å². The molecule has 2 aliphatic rings. The molecule has 0 atom stereocenters. The van der Waals surface area contributed by atoms with Crippen LogP contribution in [-0.4, -0.2) is 21.7 Å². The summed E-state index contributed by atoms with van der Waals surface area (Å²) in [6.07, 6.45) is 3.21. The van der Waals surface area contributed by atoms with Gasteiger partial charge < -0.3 is 9.80 Å². The summed E-state index contributed by atoms with van der Waals surface area (Å²) in [4.78, 5) is 18.9. The molecule has 12 aromatic rings. The zero-order valence-electron chi connectivity index (χ0n) is 38.5. The Morgan fingerprint density at radius 1 is 0.388 bits per heavy atom. The van der Waals surface area contributed by atoms with Gasteiger partial charge in [-0.25, -0.2) is 15.0 Å². The van der Waals surface area contributed by atoms with Gasteiger partial charge in [-0.15, -0.1) is 0 Å². The molecule has 318 valence electrons. The minimum absolute atomic E-state index is 0.000405. The van der Waals surface area contributed by atoms with Crippen LogP contribution in [0.1, 0.15) is 52.7 Å². The maximum absolute atomic E-state index is 4.80. The van der Waals surface area contributed by atoms with E-state index in [1.54, 1.807) is 12.7 Å². The van der Waals surface area contributed by atoms with Crippen LogP contribution in [0.2, 0.25) is 0 Å². The fraction of sp³-hybridized carbons (Fsp3) is 0.131. The van der Waals surface area contributed by atoms with Gasteiger partial charge in [-0.2, -0.15) is 0 Å². The highest BCUT2D eigenvalue weighted by atomic mass is 15.2. The monoisotopic (exact) mass is 859 g/mol. The normalized spacial score (nSPS) is 13.7. The number of rotatable bonds is 3. The molecule has 2 aliphatic heterocycles. The van der Waals surface area contributed by atoms with E-state index in [-0.39, 0.29) is 17.5 Å². The van der Waals surface area contributed by atoms with Crippen molar-refractivity contribution in [1.29, 1.82) is 0 Å². The summed E-state index contributed by atoms with van der Waals surface area (Å²) in [6.45, 7) is 13.6. The fourth-order valence-corrected chi connectivity index (χ4v) is 11.9. The number of benzene rings is 11. The molecule has 5 nitrogen and oxygen atoms in total. The number of hydrogen-bond acceptors (Lipinski definition) is 5. The largest absolute Gasteiger partial charge is 0.311 e. The van der Waals surface area contributed by atoms with Crippen LogP contribution in [0.5, 0.6) is 0 Å². The quantitative estimate of drug-likeness (QED) is 0.131. The Balaban J connectivity index is 1.19. The van der Waals surface area contributed by atoms with Gasteiger partial charge in [-0.05, 0) is 152 Å². The molecule has 14 rings (SSSR count). The van der Waals surface area contributed by atoms with Crippen molar-refractivity contribution in [2.24, 2.45) is 0 Å². The second-order valence-electron chi connectivity index (χ2n) is 20.9. The molecule has 67 heavy (non-hydrogen) atoms. The van der Waals surface area contributed by atoms with E-state index >= 15 is 0 Å². The standard InChI is InChI=1S/C61H46BN5/c1-60(2,3)42-19-23-44(24-20-42)66-48-29-39-15-13-35-9-7-11-37-17-27-46(54(39)52(35)37)56(48)62-57-47-28-18-38-12-8-10-36-14-16-40(55(47)53(36)38)30-49(57)67(45-25-21-43(22-26-45)61(4,5)6)51-32-41(31-50(66)58(51)62)59-64-33-63-34-65-59/h7-34H,1-6H3. The molecular formula is C61H46BN5. The van der Waals surface area contributed by atoms with Crippen molar-refractivity contribution in [3.63, 3.8) is 0 Å². The van der Waals surface area contributed by atoms with Crippen molar-refractivity contribution >= 4 is 122 Å². The number of nitrogens with zero attached hydrogens (tertiary/aromatic N) is 5. The molecule has 11 aromatic carbocycles. The summed E-state index contributed by atoms with van der Waals surface area (Å²) in [7, 11) is 0. The maximum Gasteiger partial charge on any atom is 0.253 e. The van der Waals surface area contributed by atoms with Crippen molar-refractivity contribution in [2.75, 3.05) is 9.80 Å². The highest BCUT2D eigenvalue weighted by molar-refractivity contribution is 7.03. The lowest BCUT2D eigenvalue weighted by Gasteiger charge is -2.45. The molecule has 0 unspecified atom stereocenters. The fourth-order valence-electron chi connectivity index (χ4n) is 11.9. The van der Waals surface area contributed by atoms with Crippen LogP contribution in [-0.2, 0) is 10.8 Å². The van der Waals surface area contributed by atoms with E-state index in [2.05, 4.69) is 214 Å². The highest BCUT2D eigenvalue weighted by Gasteiger charge is 2.46. The van der Waals surface area contributed by atoms with Gasteiger partial charge >= 0.3 is 0 Å². The predicted molar refractivity (Wildman–Crippen MR) is 284 cm³/mol. The summed E-state index contributed by atoms with van der Waals surface area (Å²) < 4.78 is 0. The first-order valence-electron chi connectivity index (χ1n) is 23.5. The first-order valence-corrected chi connectivity index (χ1v) is 23.5. The Morgan fingerprint density at radius 2 is 0.776 bits per heavy atom. The average Bonchev–Trinajstić information content (AvgIpc) is 3.34. The van der Waals surface area contributed by atoms with Gasteiger partial charge in [-0.3, -0.25) is 0 Å². The second-order valence-corrected chi connectivity index (χ2v) is 20.9. The molecule has 6 heteroatoms. The first kappa shape index (κ1) is 38.4. The average molecular weight is 860 g/mol. The van der Waals surface area contributed by atoms with Crippen LogP contribution in [0.4, 0.5) is 34.1 Å². The van der Waals surface area contributed by atoms with Crippen molar-refractivity contribution in [3.05, 3.63) is 182 Å². The van der Waals surface area contributed by atoms with Crippen LogP contribution in [0.15, 0.2) is 170 Å². The molecule has 0 bridgehead atoms. The molecule has 0 radical (unpaired) electrons. The van der Waals surface area contributed by atoms with Gasteiger partial charge in [0.1, 0.15) is 12.7 Å². The topological polar surface area (TPSA) is 45.2 Å². The molecule has 0 saturated carbocycles. The summed E-state index contributed by atoms with van der Waals surface area (Å²) in [5, 5.41) is 15.4. The van der Waals surface area contributed by atoms with E-state index in [0.717, 1.165) is 28.3 Å². The molecule has 0 aliphatic carbocycles. The van der Waals surface area contributed by atoms with Gasteiger partial charge in [0.25, 0.3) is 6.71 Å². The van der Waals surface area contributed by atoms with Crippen molar-refractivity contribution < 1.29 is 0 Å². The minimum atomic E-state index is -0.133. The van der Waals surface area contributed by atoms with E-state index < -0.39 is 0 Å². The molecule has 0 saturated heterocycles. The zero-order chi connectivity index (χ0) is 45.1. The van der Waals surface area contributed by atoms with Crippen molar-refractivity contribution in [2.45, 2.75) is 52.4 Å². The van der Waals surface area contributed by atoms with E-state index in [4.69, 9.17) is 9.97 Å². The Hall–Kier alpha value is -7.83. The smallest absolute Gasteiger partial charge is 0.253 e. The minimum Gasteiger partial charge on any atom is -0.311 e. The third-order valence-electron chi connectivity index (χ3n) is 15.0. The Labute approximate surface area is 390 Å². The molecule has 0 fully saturated rings. The molecule has 0 spiro atoms. The molecule has 0 amide bonds. The third-order valence-corrected chi connectivity index (χ3v) is 15.0. The molecule has 3 heterocycles. The lowest BCUT2D eigenvalue weighted by molar-refractivity contribution is 0.590. The number of anilines is 6. The van der Waals surface area contributed by atoms with Crippen molar-refractivity contribution in [1.82, 2.24) is 15.0 Å².